The Balaban J connectivity index is 0.933. The summed E-state index contributed by atoms with van der Waals surface area (Å²) in [5.74, 6) is 1.54. The molecule has 12 heteroatoms. The molecule has 5 aromatic rings. The predicted octanol–water partition coefficient (Wildman–Crippen LogP) is 8.12. The third-order valence-corrected chi connectivity index (χ3v) is 12.3. The maximum atomic E-state index is 14.2. The highest BCUT2D eigenvalue weighted by molar-refractivity contribution is 5.90. The largest absolute Gasteiger partial charge is 0.465 e. The monoisotopic (exact) mass is 768 g/mol. The van der Waals surface area contributed by atoms with E-state index >= 15 is 0 Å². The number of aromatic nitrogens is 4. The molecule has 4 heterocycles. The summed E-state index contributed by atoms with van der Waals surface area (Å²) >= 11 is 0. The molecule has 4 N–H and O–H groups in total. The Morgan fingerprint density at radius 3 is 1.74 bits per heavy atom. The van der Waals surface area contributed by atoms with Gasteiger partial charge in [0.25, 0.3) is 0 Å². The quantitative estimate of drug-likeness (QED) is 0.100. The Hall–Kier alpha value is -5.75. The molecule has 8 rings (SSSR count). The molecule has 3 amide bonds. The van der Waals surface area contributed by atoms with Crippen molar-refractivity contribution in [3.63, 3.8) is 0 Å². The van der Waals surface area contributed by atoms with Gasteiger partial charge in [-0.05, 0) is 79.4 Å². The third-order valence-electron chi connectivity index (χ3n) is 12.3. The molecule has 0 spiro atoms. The number of amides is 3. The maximum absolute atomic E-state index is 14.2. The van der Waals surface area contributed by atoms with E-state index in [1.165, 1.54) is 0 Å². The molecule has 12 nitrogen and oxygen atoms in total. The van der Waals surface area contributed by atoms with Crippen molar-refractivity contribution in [3.8, 4) is 33.6 Å². The van der Waals surface area contributed by atoms with Gasteiger partial charge in [0, 0.05) is 13.1 Å². The van der Waals surface area contributed by atoms with Crippen LogP contribution in [-0.4, -0.2) is 89.4 Å². The van der Waals surface area contributed by atoms with Crippen LogP contribution >= 0.6 is 0 Å². The molecule has 0 bridgehead atoms. The lowest BCUT2D eigenvalue weighted by molar-refractivity contribution is -0.139. The maximum Gasteiger partial charge on any atom is 0.405 e. The second-order valence-corrected chi connectivity index (χ2v) is 15.6. The summed E-state index contributed by atoms with van der Waals surface area (Å²) in [4.78, 5) is 62.2. The Bertz CT molecular complexity index is 2170. The normalized spacial score (nSPS) is 19.6. The number of benzene rings is 3. The molecule has 0 radical (unpaired) electrons. The van der Waals surface area contributed by atoms with Crippen LogP contribution in [0.15, 0.2) is 91.3 Å². The minimum absolute atomic E-state index is 0.0958. The molecule has 2 aliphatic heterocycles. The molecule has 0 unspecified atom stereocenters. The summed E-state index contributed by atoms with van der Waals surface area (Å²) in [7, 11) is 0. The van der Waals surface area contributed by atoms with E-state index in [1.807, 2.05) is 40.4 Å². The molecule has 1 saturated carbocycles. The lowest BCUT2D eigenvalue weighted by atomic mass is 9.95. The number of carbonyl (C=O) groups is 3. The standard InChI is InChI=1S/C45H52N8O4/c1-3-51(4-2)39(34-12-6-5-7-13-34)42(54)52-26-10-14-37(52)40-46-28-35(48-40)32-20-16-30(17-21-32)31-18-22-33(23-19-31)36-29-47-41(49-36)38-15-11-27-53(38)43(55)45(50-44(56)57)24-8-9-25-45/h5-7,12-13,16-23,28-29,37-39,50H,3-4,8-11,14-15,24-27H2,1-2H3,(H,46,48)(H,47,49)(H,56,57)/t37-,38-,39+/m0/s1. The van der Waals surface area contributed by atoms with Gasteiger partial charge >= 0.3 is 6.09 Å². The number of nitrogens with zero attached hydrogens (tertiary/aromatic N) is 5. The fraction of sp³-hybridized carbons (Fsp3) is 0.400. The van der Waals surface area contributed by atoms with E-state index in [0.29, 0.717) is 25.9 Å². The average molecular weight is 769 g/mol. The van der Waals surface area contributed by atoms with Crippen LogP contribution in [0.1, 0.15) is 101 Å². The number of carbonyl (C=O) groups excluding carboxylic acids is 2. The van der Waals surface area contributed by atoms with Crippen LogP contribution in [0.5, 0.6) is 0 Å². The number of likely N-dealkylation sites (tertiary alicyclic amines) is 2. The topological polar surface area (TPSA) is 151 Å². The van der Waals surface area contributed by atoms with E-state index in [4.69, 9.17) is 9.97 Å². The molecule has 2 saturated heterocycles. The summed E-state index contributed by atoms with van der Waals surface area (Å²) in [5.41, 5.74) is 5.94. The van der Waals surface area contributed by atoms with Crippen molar-refractivity contribution in [2.45, 2.75) is 88.9 Å². The van der Waals surface area contributed by atoms with Crippen LogP contribution in [0.25, 0.3) is 33.6 Å². The Morgan fingerprint density at radius 2 is 1.23 bits per heavy atom. The van der Waals surface area contributed by atoms with E-state index in [9.17, 15) is 19.5 Å². The van der Waals surface area contributed by atoms with Gasteiger partial charge in [-0.3, -0.25) is 14.5 Å². The van der Waals surface area contributed by atoms with E-state index in [1.54, 1.807) is 0 Å². The van der Waals surface area contributed by atoms with Gasteiger partial charge < -0.3 is 30.2 Å². The van der Waals surface area contributed by atoms with Crippen LogP contribution in [0, 0.1) is 0 Å². The van der Waals surface area contributed by atoms with Crippen LogP contribution in [0.4, 0.5) is 4.79 Å². The van der Waals surface area contributed by atoms with Crippen molar-refractivity contribution >= 4 is 17.9 Å². The summed E-state index contributed by atoms with van der Waals surface area (Å²) < 4.78 is 0. The van der Waals surface area contributed by atoms with Crippen molar-refractivity contribution in [1.82, 2.24) is 40.0 Å². The van der Waals surface area contributed by atoms with Crippen molar-refractivity contribution in [2.75, 3.05) is 26.2 Å². The first-order chi connectivity index (χ1) is 27.8. The van der Waals surface area contributed by atoms with Crippen LogP contribution in [-0.2, 0) is 9.59 Å². The number of rotatable bonds is 12. The zero-order chi connectivity index (χ0) is 39.5. The molecular weight excluding hydrogens is 717 g/mol. The van der Waals surface area contributed by atoms with Crippen molar-refractivity contribution in [2.24, 2.45) is 0 Å². The smallest absolute Gasteiger partial charge is 0.405 e. The van der Waals surface area contributed by atoms with Gasteiger partial charge in [0.2, 0.25) is 11.8 Å². The highest BCUT2D eigenvalue weighted by Crippen LogP contribution is 2.39. The van der Waals surface area contributed by atoms with Crippen molar-refractivity contribution in [3.05, 3.63) is 108 Å². The van der Waals surface area contributed by atoms with Gasteiger partial charge in [-0.1, -0.05) is 106 Å². The lowest BCUT2D eigenvalue weighted by Crippen LogP contribution is -2.57. The number of likely N-dealkylation sites (N-methyl/N-ethyl adjacent to an activating group) is 1. The Kier molecular flexibility index (Phi) is 11.0. The number of H-pyrrole nitrogens is 2. The average Bonchev–Trinajstić information content (AvgIpc) is 4.09. The van der Waals surface area contributed by atoms with E-state index in [-0.39, 0.29) is 29.9 Å². The zero-order valence-corrected chi connectivity index (χ0v) is 32.8. The highest BCUT2D eigenvalue weighted by atomic mass is 16.4. The molecule has 1 aliphatic carbocycles. The first kappa shape index (κ1) is 38.1. The minimum atomic E-state index is -1.16. The van der Waals surface area contributed by atoms with E-state index in [2.05, 4.69) is 94.7 Å². The van der Waals surface area contributed by atoms with Crippen LogP contribution in [0.2, 0.25) is 0 Å². The molecular formula is C45H52N8O4. The Labute approximate surface area is 333 Å². The van der Waals surface area contributed by atoms with Gasteiger partial charge in [-0.2, -0.15) is 0 Å². The second kappa shape index (κ2) is 16.4. The van der Waals surface area contributed by atoms with Crippen molar-refractivity contribution < 1.29 is 19.5 Å². The third kappa shape index (κ3) is 7.58. The van der Waals surface area contributed by atoms with Gasteiger partial charge in [0.15, 0.2) is 0 Å². The number of carboxylic acid groups (broad SMARTS) is 1. The first-order valence-corrected chi connectivity index (χ1v) is 20.5. The van der Waals surface area contributed by atoms with Crippen LogP contribution in [0.3, 0.4) is 0 Å². The van der Waals surface area contributed by atoms with Gasteiger partial charge in [0.05, 0.1) is 35.9 Å². The van der Waals surface area contributed by atoms with Crippen molar-refractivity contribution in [1.29, 1.82) is 0 Å². The number of nitrogens with one attached hydrogen (secondary N) is 3. The van der Waals surface area contributed by atoms with Gasteiger partial charge in [-0.25, -0.2) is 14.8 Å². The summed E-state index contributed by atoms with van der Waals surface area (Å²) in [6.07, 6.45) is 8.69. The molecule has 296 valence electrons. The molecule has 3 atom stereocenters. The van der Waals surface area contributed by atoms with Crippen LogP contribution < -0.4 is 5.32 Å². The lowest BCUT2D eigenvalue weighted by Gasteiger charge is -2.34. The summed E-state index contributed by atoms with van der Waals surface area (Å²) in [5, 5.41) is 12.1. The summed E-state index contributed by atoms with van der Waals surface area (Å²) in [6.45, 7) is 7.10. The number of hydrogen-bond acceptors (Lipinski definition) is 6. The minimum Gasteiger partial charge on any atom is -0.465 e. The SMILES string of the molecule is CCN(CC)[C@@H](C(=O)N1CCC[C@H]1c1ncc(-c2ccc(-c3ccc(-c4cnc([C@@H]5CCCN5C(=O)C5(NC(=O)O)CCCC5)[nH]4)cc3)cc2)[nH]1)c1ccccc1. The van der Waals surface area contributed by atoms with Gasteiger partial charge in [-0.15, -0.1) is 0 Å². The second-order valence-electron chi connectivity index (χ2n) is 15.6. The number of imidazole rings is 2. The fourth-order valence-corrected chi connectivity index (χ4v) is 9.34. The number of hydrogen-bond donors (Lipinski definition) is 4. The molecule has 3 fully saturated rings. The molecule has 2 aromatic heterocycles. The number of aromatic amines is 2. The molecule has 3 aromatic carbocycles. The highest BCUT2D eigenvalue weighted by Gasteiger charge is 2.48. The van der Waals surface area contributed by atoms with E-state index < -0.39 is 11.6 Å². The molecule has 57 heavy (non-hydrogen) atoms. The fourth-order valence-electron chi connectivity index (χ4n) is 9.34. The zero-order valence-electron chi connectivity index (χ0n) is 32.8. The van der Waals surface area contributed by atoms with Gasteiger partial charge in [0.1, 0.15) is 23.2 Å². The Morgan fingerprint density at radius 1 is 0.737 bits per heavy atom. The molecule has 3 aliphatic rings. The predicted molar refractivity (Wildman–Crippen MR) is 219 cm³/mol. The van der Waals surface area contributed by atoms with E-state index in [0.717, 1.165) is 102 Å². The summed E-state index contributed by atoms with van der Waals surface area (Å²) in [6, 6.07) is 26.2. The first-order valence-electron chi connectivity index (χ1n) is 20.5.